The summed E-state index contributed by atoms with van der Waals surface area (Å²) in [5.41, 5.74) is 0.0671. The molecule has 2 N–H and O–H groups in total. The molecule has 2 aromatic carbocycles. The predicted molar refractivity (Wildman–Crippen MR) is 111 cm³/mol. The fourth-order valence-corrected chi connectivity index (χ4v) is 4.01. The molecule has 0 aromatic heterocycles. The van der Waals surface area contributed by atoms with Crippen LogP contribution in [0.4, 0.5) is 23.7 Å². The minimum Gasteiger partial charge on any atom is -0.497 e. The number of anilines is 1. The number of rotatable bonds is 4. The molecule has 0 saturated carbocycles. The van der Waals surface area contributed by atoms with E-state index in [-0.39, 0.29) is 36.0 Å². The minimum atomic E-state index is -0.949. The number of nitrogens with zero attached hydrogens (tertiary/aromatic N) is 2. The van der Waals surface area contributed by atoms with Crippen molar-refractivity contribution in [3.05, 3.63) is 59.4 Å². The quantitative estimate of drug-likeness (QED) is 0.755. The second kappa shape index (κ2) is 8.89. The van der Waals surface area contributed by atoms with Crippen LogP contribution < -0.4 is 15.4 Å². The number of amidine groups is 1. The first-order chi connectivity index (χ1) is 15.4. The van der Waals surface area contributed by atoms with E-state index in [9.17, 15) is 22.8 Å². The molecule has 0 spiro atoms. The van der Waals surface area contributed by atoms with Gasteiger partial charge in [0, 0.05) is 48.8 Å². The SMILES string of the molecule is COc1cc(F)c([C@@H]2CN3C(=O)CCCN=C3[C@H]2NC(=O)Nc2ccc(F)cc2)c(F)c1. The largest absolute Gasteiger partial charge is 0.497 e. The summed E-state index contributed by atoms with van der Waals surface area (Å²) in [5.74, 6) is -2.99. The number of benzene rings is 2. The van der Waals surface area contributed by atoms with Crippen molar-refractivity contribution < 1.29 is 27.5 Å². The van der Waals surface area contributed by atoms with Gasteiger partial charge in [0.05, 0.1) is 13.2 Å². The number of urea groups is 1. The summed E-state index contributed by atoms with van der Waals surface area (Å²) in [6.07, 6.45) is 0.797. The molecule has 1 saturated heterocycles. The van der Waals surface area contributed by atoms with Crippen molar-refractivity contribution in [2.75, 3.05) is 25.5 Å². The van der Waals surface area contributed by atoms with Crippen LogP contribution in [0.15, 0.2) is 41.4 Å². The van der Waals surface area contributed by atoms with Crippen molar-refractivity contribution in [1.82, 2.24) is 10.2 Å². The molecule has 2 aliphatic heterocycles. The van der Waals surface area contributed by atoms with Gasteiger partial charge in [0.2, 0.25) is 5.91 Å². The lowest BCUT2D eigenvalue weighted by Crippen LogP contribution is -2.46. The molecule has 4 rings (SSSR count). The highest BCUT2D eigenvalue weighted by Crippen LogP contribution is 2.36. The highest BCUT2D eigenvalue weighted by Gasteiger charge is 2.45. The maximum Gasteiger partial charge on any atom is 0.319 e. The molecule has 168 valence electrons. The number of hydrogen-bond donors (Lipinski definition) is 2. The van der Waals surface area contributed by atoms with Crippen molar-refractivity contribution in [1.29, 1.82) is 0 Å². The average Bonchev–Trinajstić information content (AvgIpc) is 2.98. The van der Waals surface area contributed by atoms with Gasteiger partial charge in [-0.1, -0.05) is 0 Å². The number of nitrogens with one attached hydrogen (secondary N) is 2. The fraction of sp³-hybridized carbons (Fsp3) is 0.318. The van der Waals surface area contributed by atoms with Crippen LogP contribution in [0.2, 0.25) is 0 Å². The standard InChI is InChI=1S/C22H21F3N4O3/c1-32-14-9-16(24)19(17(25)10-14)15-11-29-18(30)3-2-8-26-21(29)20(15)28-22(31)27-13-6-4-12(23)5-7-13/h4-7,9-10,15,20H,2-3,8,11H2,1H3,(H2,27,28,31)/t15-,20-/m0/s1. The van der Waals surface area contributed by atoms with Gasteiger partial charge in [-0.25, -0.2) is 18.0 Å². The summed E-state index contributed by atoms with van der Waals surface area (Å²) < 4.78 is 47.8. The third kappa shape index (κ3) is 4.25. The van der Waals surface area contributed by atoms with Crippen LogP contribution in [0.1, 0.15) is 24.3 Å². The monoisotopic (exact) mass is 446 g/mol. The number of carbonyl (C=O) groups is 2. The number of halogens is 3. The lowest BCUT2D eigenvalue weighted by atomic mass is 9.92. The number of hydrogen-bond acceptors (Lipinski definition) is 4. The second-order valence-electron chi connectivity index (χ2n) is 7.54. The summed E-state index contributed by atoms with van der Waals surface area (Å²) in [7, 11) is 1.30. The highest BCUT2D eigenvalue weighted by atomic mass is 19.1. The molecule has 0 unspecified atom stereocenters. The maximum atomic E-state index is 14.9. The van der Waals surface area contributed by atoms with Gasteiger partial charge in [0.25, 0.3) is 0 Å². The molecule has 2 heterocycles. The van der Waals surface area contributed by atoms with Crippen LogP contribution in [-0.2, 0) is 4.79 Å². The zero-order valence-electron chi connectivity index (χ0n) is 17.2. The predicted octanol–water partition coefficient (Wildman–Crippen LogP) is 3.42. The van der Waals surface area contributed by atoms with Crippen molar-refractivity contribution in [2.45, 2.75) is 24.8 Å². The Labute approximate surface area is 182 Å². The Morgan fingerprint density at radius 2 is 1.84 bits per heavy atom. The molecular formula is C22H21F3N4O3. The Balaban J connectivity index is 1.67. The number of aliphatic imine (C=N–C) groups is 1. The van der Waals surface area contributed by atoms with Gasteiger partial charge in [-0.05, 0) is 30.7 Å². The number of ether oxygens (including phenoxy) is 1. The van der Waals surface area contributed by atoms with Crippen LogP contribution in [0.5, 0.6) is 5.75 Å². The minimum absolute atomic E-state index is 0.0169. The molecular weight excluding hydrogens is 425 g/mol. The van der Waals surface area contributed by atoms with E-state index in [1.807, 2.05) is 0 Å². The maximum absolute atomic E-state index is 14.9. The van der Waals surface area contributed by atoms with E-state index in [2.05, 4.69) is 15.6 Å². The smallest absolute Gasteiger partial charge is 0.319 e. The zero-order chi connectivity index (χ0) is 22.8. The molecule has 0 radical (unpaired) electrons. The molecule has 3 amide bonds. The molecule has 2 atom stereocenters. The molecule has 1 fully saturated rings. The summed E-state index contributed by atoms with van der Waals surface area (Å²) in [4.78, 5) is 31.0. The third-order valence-corrected chi connectivity index (χ3v) is 5.51. The Kier molecular flexibility index (Phi) is 6.02. The van der Waals surface area contributed by atoms with Gasteiger partial charge in [-0.3, -0.25) is 14.7 Å². The van der Waals surface area contributed by atoms with Gasteiger partial charge < -0.3 is 15.4 Å². The van der Waals surface area contributed by atoms with Crippen LogP contribution >= 0.6 is 0 Å². The fourth-order valence-electron chi connectivity index (χ4n) is 4.01. The van der Waals surface area contributed by atoms with Gasteiger partial charge >= 0.3 is 6.03 Å². The first-order valence-electron chi connectivity index (χ1n) is 10.1. The van der Waals surface area contributed by atoms with E-state index in [0.717, 1.165) is 12.1 Å². The first kappa shape index (κ1) is 21.7. The molecule has 2 aromatic rings. The van der Waals surface area contributed by atoms with Gasteiger partial charge in [-0.2, -0.15) is 0 Å². The van der Waals surface area contributed by atoms with Crippen molar-refractivity contribution >= 4 is 23.5 Å². The molecule has 7 nitrogen and oxygen atoms in total. The van der Waals surface area contributed by atoms with Crippen LogP contribution in [0.25, 0.3) is 0 Å². The summed E-state index contributed by atoms with van der Waals surface area (Å²) in [6.45, 7) is 0.328. The highest BCUT2D eigenvalue weighted by molar-refractivity contribution is 6.06. The Bertz CT molecular complexity index is 1050. The lowest BCUT2D eigenvalue weighted by Gasteiger charge is -2.22. The summed E-state index contributed by atoms with van der Waals surface area (Å²) in [6, 6.07) is 5.61. The summed E-state index contributed by atoms with van der Waals surface area (Å²) >= 11 is 0. The number of methoxy groups -OCH3 is 1. The topological polar surface area (TPSA) is 83.0 Å². The Morgan fingerprint density at radius 1 is 1.16 bits per heavy atom. The average molecular weight is 446 g/mol. The van der Waals surface area contributed by atoms with Crippen molar-refractivity contribution in [2.24, 2.45) is 4.99 Å². The van der Waals surface area contributed by atoms with Crippen LogP contribution in [0.3, 0.4) is 0 Å². The van der Waals surface area contributed by atoms with Crippen LogP contribution in [-0.4, -0.2) is 48.9 Å². The van der Waals surface area contributed by atoms with E-state index < -0.39 is 35.4 Å². The number of amides is 3. The lowest BCUT2D eigenvalue weighted by molar-refractivity contribution is -0.127. The van der Waals surface area contributed by atoms with E-state index in [0.29, 0.717) is 18.7 Å². The van der Waals surface area contributed by atoms with E-state index in [1.165, 1.54) is 36.3 Å². The van der Waals surface area contributed by atoms with E-state index in [1.54, 1.807) is 0 Å². The third-order valence-electron chi connectivity index (χ3n) is 5.51. The summed E-state index contributed by atoms with van der Waals surface area (Å²) in [5, 5.41) is 5.24. The normalized spacial score (nSPS) is 20.3. The molecule has 0 bridgehead atoms. The Morgan fingerprint density at radius 3 is 2.50 bits per heavy atom. The van der Waals surface area contributed by atoms with Gasteiger partial charge in [0.15, 0.2) is 0 Å². The number of fused-ring (bicyclic) bond motifs is 1. The molecule has 10 heteroatoms. The zero-order valence-corrected chi connectivity index (χ0v) is 17.2. The number of carbonyl (C=O) groups excluding carboxylic acids is 2. The van der Waals surface area contributed by atoms with Crippen molar-refractivity contribution in [3.8, 4) is 5.75 Å². The van der Waals surface area contributed by atoms with Crippen LogP contribution in [0, 0.1) is 17.5 Å². The molecule has 32 heavy (non-hydrogen) atoms. The van der Waals surface area contributed by atoms with E-state index in [4.69, 9.17) is 4.74 Å². The molecule has 0 aliphatic carbocycles. The first-order valence-corrected chi connectivity index (χ1v) is 10.1. The van der Waals surface area contributed by atoms with Gasteiger partial charge in [-0.15, -0.1) is 0 Å². The second-order valence-corrected chi connectivity index (χ2v) is 7.54. The Hall–Kier alpha value is -3.56. The van der Waals surface area contributed by atoms with Crippen molar-refractivity contribution in [3.63, 3.8) is 0 Å². The van der Waals surface area contributed by atoms with E-state index >= 15 is 0 Å². The van der Waals surface area contributed by atoms with Gasteiger partial charge in [0.1, 0.15) is 29.0 Å². The molecule has 2 aliphatic rings.